The van der Waals surface area contributed by atoms with E-state index in [-0.39, 0.29) is 6.04 Å². The molecule has 0 spiro atoms. The molecule has 0 aliphatic rings. The van der Waals surface area contributed by atoms with Crippen molar-refractivity contribution in [3.8, 4) is 0 Å². The zero-order chi connectivity index (χ0) is 13.0. The molecule has 0 saturated carbocycles. The largest absolute Gasteiger partial charge is 0.309 e. The molecule has 0 saturated heterocycles. The monoisotopic (exact) mass is 280 g/mol. The van der Waals surface area contributed by atoms with E-state index in [1.807, 2.05) is 19.1 Å². The topological polar surface area (TPSA) is 24.9 Å². The fraction of sp³-hybridized carbons (Fsp3) is 0.357. The number of halogens is 1. The number of nitrogens with zero attached hydrogens (tertiary/aromatic N) is 1. The second-order valence-electron chi connectivity index (χ2n) is 4.22. The number of aromatic nitrogens is 1. The van der Waals surface area contributed by atoms with Crippen LogP contribution < -0.4 is 5.32 Å². The van der Waals surface area contributed by atoms with E-state index >= 15 is 0 Å². The molecule has 1 atom stereocenters. The van der Waals surface area contributed by atoms with Gasteiger partial charge in [0.15, 0.2) is 0 Å². The summed E-state index contributed by atoms with van der Waals surface area (Å²) in [6, 6.07) is 10.5. The third-order valence-corrected chi connectivity index (χ3v) is 4.01. The molecule has 18 heavy (non-hydrogen) atoms. The van der Waals surface area contributed by atoms with E-state index in [0.717, 1.165) is 28.7 Å². The van der Waals surface area contributed by atoms with E-state index in [4.69, 9.17) is 11.6 Å². The molecule has 2 heterocycles. The van der Waals surface area contributed by atoms with Gasteiger partial charge in [-0.2, -0.15) is 0 Å². The Balaban J connectivity index is 2.17. The average Bonchev–Trinajstić information content (AvgIpc) is 2.74. The van der Waals surface area contributed by atoms with Gasteiger partial charge in [-0.05, 0) is 37.7 Å². The van der Waals surface area contributed by atoms with Crippen LogP contribution in [0, 0.1) is 6.92 Å². The number of pyridine rings is 1. The van der Waals surface area contributed by atoms with Crippen molar-refractivity contribution in [3.63, 3.8) is 0 Å². The lowest BCUT2D eigenvalue weighted by molar-refractivity contribution is 0.539. The molecule has 4 heteroatoms. The molecule has 0 bridgehead atoms. The number of thiophene rings is 1. The molecule has 0 aromatic carbocycles. The smallest absolute Gasteiger partial charge is 0.0931 e. The van der Waals surface area contributed by atoms with E-state index in [9.17, 15) is 0 Å². The zero-order valence-corrected chi connectivity index (χ0v) is 12.2. The molecule has 0 aliphatic heterocycles. The molecule has 2 aromatic heterocycles. The van der Waals surface area contributed by atoms with Gasteiger partial charge in [0.1, 0.15) is 0 Å². The Bertz CT molecular complexity index is 510. The Morgan fingerprint density at radius 2 is 2.17 bits per heavy atom. The quantitative estimate of drug-likeness (QED) is 0.895. The number of rotatable bonds is 5. The minimum atomic E-state index is 0.254. The van der Waals surface area contributed by atoms with Crippen LogP contribution in [0.4, 0.5) is 0 Å². The highest BCUT2D eigenvalue weighted by Gasteiger charge is 2.13. The van der Waals surface area contributed by atoms with Crippen LogP contribution in [0.2, 0.25) is 4.34 Å². The summed E-state index contributed by atoms with van der Waals surface area (Å²) >= 11 is 7.61. The lowest BCUT2D eigenvalue weighted by Crippen LogP contribution is -2.23. The van der Waals surface area contributed by atoms with Gasteiger partial charge in [0.2, 0.25) is 0 Å². The highest BCUT2D eigenvalue weighted by Crippen LogP contribution is 2.26. The maximum Gasteiger partial charge on any atom is 0.0931 e. The van der Waals surface area contributed by atoms with Crippen molar-refractivity contribution in [2.75, 3.05) is 6.54 Å². The van der Waals surface area contributed by atoms with Gasteiger partial charge >= 0.3 is 0 Å². The minimum absolute atomic E-state index is 0.254. The van der Waals surface area contributed by atoms with Crippen LogP contribution in [0.1, 0.15) is 29.2 Å². The number of hydrogen-bond acceptors (Lipinski definition) is 3. The fourth-order valence-electron chi connectivity index (χ4n) is 1.95. The Kier molecular flexibility index (Phi) is 4.75. The second-order valence-corrected chi connectivity index (χ2v) is 6.02. The van der Waals surface area contributed by atoms with Gasteiger partial charge in [0.25, 0.3) is 0 Å². The Labute approximate surface area is 117 Å². The second kappa shape index (κ2) is 6.32. The van der Waals surface area contributed by atoms with Gasteiger partial charge in [-0.15, -0.1) is 11.3 Å². The highest BCUT2D eigenvalue weighted by molar-refractivity contribution is 7.16. The van der Waals surface area contributed by atoms with Crippen molar-refractivity contribution in [1.82, 2.24) is 10.3 Å². The predicted molar refractivity (Wildman–Crippen MR) is 78.4 cm³/mol. The fourth-order valence-corrected chi connectivity index (χ4v) is 3.08. The van der Waals surface area contributed by atoms with Crippen molar-refractivity contribution in [3.05, 3.63) is 50.9 Å². The lowest BCUT2D eigenvalue weighted by atomic mass is 10.1. The molecule has 0 fully saturated rings. The van der Waals surface area contributed by atoms with Gasteiger partial charge < -0.3 is 5.32 Å². The predicted octanol–water partition coefficient (Wildman–Crippen LogP) is 4.00. The summed E-state index contributed by atoms with van der Waals surface area (Å²) in [6.07, 6.45) is 0.932. The summed E-state index contributed by atoms with van der Waals surface area (Å²) < 4.78 is 0.845. The first-order chi connectivity index (χ1) is 8.69. The first-order valence-electron chi connectivity index (χ1n) is 6.10. The van der Waals surface area contributed by atoms with Crippen LogP contribution in [0.25, 0.3) is 0 Å². The van der Waals surface area contributed by atoms with Crippen molar-refractivity contribution in [2.45, 2.75) is 26.3 Å². The number of nitrogens with one attached hydrogen (secondary N) is 1. The average molecular weight is 281 g/mol. The maximum absolute atomic E-state index is 5.97. The number of aryl methyl sites for hydroxylation is 1. The van der Waals surface area contributed by atoms with E-state index in [1.54, 1.807) is 11.3 Å². The van der Waals surface area contributed by atoms with Crippen molar-refractivity contribution < 1.29 is 0 Å². The zero-order valence-electron chi connectivity index (χ0n) is 10.6. The van der Waals surface area contributed by atoms with Crippen LogP contribution in [-0.2, 0) is 6.42 Å². The van der Waals surface area contributed by atoms with Crippen LogP contribution in [0.3, 0.4) is 0 Å². The standard InChI is InChI=1S/C14H17ClN2S/c1-3-16-13(9-11-7-8-14(15)18-11)12-6-4-5-10(2)17-12/h4-8,13,16H,3,9H2,1-2H3. The first kappa shape index (κ1) is 13.5. The third kappa shape index (κ3) is 3.55. The summed E-state index contributed by atoms with van der Waals surface area (Å²) in [7, 11) is 0. The lowest BCUT2D eigenvalue weighted by Gasteiger charge is -2.17. The summed E-state index contributed by atoms with van der Waals surface area (Å²) in [5, 5.41) is 3.48. The molecule has 0 radical (unpaired) electrons. The Morgan fingerprint density at radius 1 is 1.33 bits per heavy atom. The molecule has 1 N–H and O–H groups in total. The van der Waals surface area contributed by atoms with Gasteiger partial charge in [-0.1, -0.05) is 24.6 Å². The van der Waals surface area contributed by atoms with E-state index in [0.29, 0.717) is 0 Å². The Morgan fingerprint density at radius 3 is 2.78 bits per heavy atom. The number of hydrogen-bond donors (Lipinski definition) is 1. The SMILES string of the molecule is CCNC(Cc1ccc(Cl)s1)c1cccc(C)n1. The van der Waals surface area contributed by atoms with E-state index in [2.05, 4.69) is 35.4 Å². The Hall–Kier alpha value is -0.900. The van der Waals surface area contributed by atoms with Crippen LogP contribution in [0.5, 0.6) is 0 Å². The van der Waals surface area contributed by atoms with Crippen molar-refractivity contribution in [2.24, 2.45) is 0 Å². The first-order valence-corrected chi connectivity index (χ1v) is 7.29. The minimum Gasteiger partial charge on any atom is -0.309 e. The molecule has 2 rings (SSSR count). The van der Waals surface area contributed by atoms with Gasteiger partial charge in [0.05, 0.1) is 16.1 Å². The van der Waals surface area contributed by atoms with Gasteiger partial charge in [-0.3, -0.25) is 4.98 Å². The molecule has 2 aromatic rings. The van der Waals surface area contributed by atoms with Crippen molar-refractivity contribution in [1.29, 1.82) is 0 Å². The number of likely N-dealkylation sites (N-methyl/N-ethyl adjacent to an activating group) is 1. The molecule has 2 nitrogen and oxygen atoms in total. The van der Waals surface area contributed by atoms with E-state index in [1.165, 1.54) is 4.88 Å². The highest BCUT2D eigenvalue weighted by atomic mass is 35.5. The molecule has 1 unspecified atom stereocenters. The maximum atomic E-state index is 5.97. The molecule has 0 amide bonds. The molecular weight excluding hydrogens is 264 g/mol. The normalized spacial score (nSPS) is 12.6. The summed E-state index contributed by atoms with van der Waals surface area (Å²) in [4.78, 5) is 5.89. The van der Waals surface area contributed by atoms with Crippen LogP contribution in [0.15, 0.2) is 30.3 Å². The summed E-state index contributed by atoms with van der Waals surface area (Å²) in [5.74, 6) is 0. The third-order valence-electron chi connectivity index (χ3n) is 2.75. The van der Waals surface area contributed by atoms with Gasteiger partial charge in [0, 0.05) is 17.0 Å². The molecule has 96 valence electrons. The molecular formula is C14H17ClN2S. The van der Waals surface area contributed by atoms with Crippen LogP contribution in [-0.4, -0.2) is 11.5 Å². The summed E-state index contributed by atoms with van der Waals surface area (Å²) in [5.41, 5.74) is 2.15. The van der Waals surface area contributed by atoms with Crippen LogP contribution >= 0.6 is 22.9 Å². The van der Waals surface area contributed by atoms with Crippen molar-refractivity contribution >= 4 is 22.9 Å². The van der Waals surface area contributed by atoms with Gasteiger partial charge in [-0.25, -0.2) is 0 Å². The molecule has 0 aliphatic carbocycles. The van der Waals surface area contributed by atoms with E-state index < -0.39 is 0 Å². The summed E-state index contributed by atoms with van der Waals surface area (Å²) in [6.45, 7) is 5.07.